The molecule has 1 N–H and O–H groups in total. The zero-order valence-corrected chi connectivity index (χ0v) is 15.5. The Kier molecular flexibility index (Phi) is 5.45. The molecule has 1 saturated carbocycles. The predicted molar refractivity (Wildman–Crippen MR) is 99.3 cm³/mol. The molecule has 1 heterocycles. The van der Waals surface area contributed by atoms with Gasteiger partial charge in [-0.1, -0.05) is 42.7 Å². The lowest BCUT2D eigenvalue weighted by molar-refractivity contribution is -0.139. The van der Waals surface area contributed by atoms with Crippen LogP contribution in [-0.2, 0) is 15.0 Å². The maximum atomic E-state index is 13.5. The second-order valence-corrected chi connectivity index (χ2v) is 7.83. The van der Waals surface area contributed by atoms with Crippen LogP contribution in [0.25, 0.3) is 0 Å². The molecular weight excluding hydrogens is 312 g/mol. The Bertz CT molecular complexity index is 627. The highest BCUT2D eigenvalue weighted by molar-refractivity contribution is 5.88. The Morgan fingerprint density at radius 2 is 1.88 bits per heavy atom. The van der Waals surface area contributed by atoms with Crippen molar-refractivity contribution in [2.24, 2.45) is 5.92 Å². The zero-order chi connectivity index (χ0) is 17.9. The summed E-state index contributed by atoms with van der Waals surface area (Å²) in [6, 6.07) is 8.52. The van der Waals surface area contributed by atoms with Gasteiger partial charge < -0.3 is 10.2 Å². The summed E-state index contributed by atoms with van der Waals surface area (Å²) in [5.74, 6) is 0.850. The molecule has 3 rings (SSSR count). The molecule has 0 bridgehead atoms. The van der Waals surface area contributed by atoms with E-state index < -0.39 is 0 Å². The van der Waals surface area contributed by atoms with Crippen molar-refractivity contribution in [2.45, 2.75) is 57.8 Å². The van der Waals surface area contributed by atoms with Gasteiger partial charge in [-0.15, -0.1) is 0 Å². The summed E-state index contributed by atoms with van der Waals surface area (Å²) in [7, 11) is 0. The van der Waals surface area contributed by atoms with Crippen molar-refractivity contribution in [1.82, 2.24) is 10.2 Å². The first-order chi connectivity index (χ1) is 12.0. The van der Waals surface area contributed by atoms with Crippen LogP contribution in [0.3, 0.4) is 0 Å². The first-order valence-corrected chi connectivity index (χ1v) is 9.62. The fourth-order valence-electron chi connectivity index (χ4n) is 4.48. The van der Waals surface area contributed by atoms with Gasteiger partial charge in [0.1, 0.15) is 0 Å². The molecule has 1 saturated heterocycles. The Balaban J connectivity index is 1.69. The van der Waals surface area contributed by atoms with Gasteiger partial charge in [0.15, 0.2) is 0 Å². The Labute approximate surface area is 151 Å². The maximum Gasteiger partial charge on any atom is 0.233 e. The summed E-state index contributed by atoms with van der Waals surface area (Å²) in [5.41, 5.74) is 2.12. The fourth-order valence-corrected chi connectivity index (χ4v) is 4.48. The fraction of sp³-hybridized carbons (Fsp3) is 0.619. The summed E-state index contributed by atoms with van der Waals surface area (Å²) < 4.78 is 0. The number of aryl methyl sites for hydroxylation is 1. The zero-order valence-electron chi connectivity index (χ0n) is 15.5. The van der Waals surface area contributed by atoms with Gasteiger partial charge in [0, 0.05) is 26.6 Å². The number of piperidine rings is 1. The molecule has 1 aromatic carbocycles. The second kappa shape index (κ2) is 7.59. The second-order valence-electron chi connectivity index (χ2n) is 7.83. The highest BCUT2D eigenvalue weighted by Crippen LogP contribution is 2.43. The smallest absolute Gasteiger partial charge is 0.233 e. The Morgan fingerprint density at radius 1 is 1.20 bits per heavy atom. The third kappa shape index (κ3) is 3.88. The van der Waals surface area contributed by atoms with Crippen molar-refractivity contribution in [3.63, 3.8) is 0 Å². The minimum atomic E-state index is -0.309. The number of carbonyl (C=O) groups excluding carboxylic acids is 2. The molecule has 0 aromatic heterocycles. The van der Waals surface area contributed by atoms with Crippen molar-refractivity contribution >= 4 is 11.8 Å². The van der Waals surface area contributed by atoms with Gasteiger partial charge in [-0.25, -0.2) is 0 Å². The van der Waals surface area contributed by atoms with Crippen molar-refractivity contribution in [3.8, 4) is 0 Å². The molecule has 4 heteroatoms. The van der Waals surface area contributed by atoms with Gasteiger partial charge in [0.05, 0.1) is 5.41 Å². The summed E-state index contributed by atoms with van der Waals surface area (Å²) in [4.78, 5) is 26.6. The average Bonchev–Trinajstić information content (AvgIpc) is 3.11. The van der Waals surface area contributed by atoms with Crippen LogP contribution in [0.2, 0.25) is 0 Å². The molecule has 0 radical (unpaired) electrons. The number of benzene rings is 1. The van der Waals surface area contributed by atoms with E-state index in [1.54, 1.807) is 6.92 Å². The van der Waals surface area contributed by atoms with Gasteiger partial charge in [0.2, 0.25) is 11.8 Å². The molecule has 0 unspecified atom stereocenters. The predicted octanol–water partition coefficient (Wildman–Crippen LogP) is 3.18. The molecule has 25 heavy (non-hydrogen) atoms. The third-order valence-corrected chi connectivity index (χ3v) is 5.98. The number of hydrogen-bond acceptors (Lipinski definition) is 2. The molecule has 2 aliphatic rings. The monoisotopic (exact) mass is 342 g/mol. The number of rotatable bonds is 4. The third-order valence-electron chi connectivity index (χ3n) is 5.98. The van der Waals surface area contributed by atoms with E-state index in [0.717, 1.165) is 58.2 Å². The van der Waals surface area contributed by atoms with Gasteiger partial charge in [-0.2, -0.15) is 0 Å². The summed E-state index contributed by atoms with van der Waals surface area (Å²) >= 11 is 0. The largest absolute Gasteiger partial charge is 0.356 e. The molecule has 2 fully saturated rings. The van der Waals surface area contributed by atoms with Crippen molar-refractivity contribution < 1.29 is 9.59 Å². The number of nitrogens with one attached hydrogen (secondary N) is 1. The van der Waals surface area contributed by atoms with Gasteiger partial charge in [-0.05, 0) is 44.1 Å². The summed E-state index contributed by atoms with van der Waals surface area (Å²) in [6.07, 6.45) is 6.19. The standard InChI is InChI=1S/C21H30N2O2/c1-16-6-5-7-19(14-16)21(10-3-4-11-21)20(25)23-12-8-18(9-13-23)15-22-17(2)24/h5-7,14,18H,3-4,8-13,15H2,1-2H3,(H,22,24). The lowest BCUT2D eigenvalue weighted by atomic mass is 9.76. The number of amides is 2. The Hall–Kier alpha value is -1.84. The van der Waals surface area contributed by atoms with Crippen LogP contribution >= 0.6 is 0 Å². The van der Waals surface area contributed by atoms with Crippen LogP contribution in [-0.4, -0.2) is 36.3 Å². The van der Waals surface area contributed by atoms with Crippen molar-refractivity contribution in [1.29, 1.82) is 0 Å². The van der Waals surface area contributed by atoms with Gasteiger partial charge >= 0.3 is 0 Å². The molecule has 2 amide bonds. The first kappa shape index (κ1) is 18.0. The van der Waals surface area contributed by atoms with Crippen LogP contribution in [0.15, 0.2) is 24.3 Å². The van der Waals surface area contributed by atoms with E-state index in [4.69, 9.17) is 0 Å². The van der Waals surface area contributed by atoms with Crippen LogP contribution in [0.5, 0.6) is 0 Å². The number of hydrogen-bond donors (Lipinski definition) is 1. The first-order valence-electron chi connectivity index (χ1n) is 9.62. The van der Waals surface area contributed by atoms with E-state index in [0.29, 0.717) is 11.8 Å². The maximum absolute atomic E-state index is 13.5. The lowest BCUT2D eigenvalue weighted by Crippen LogP contribution is -2.49. The molecule has 1 aliphatic heterocycles. The van der Waals surface area contributed by atoms with Crippen LogP contribution in [0.4, 0.5) is 0 Å². The van der Waals surface area contributed by atoms with Crippen molar-refractivity contribution in [2.75, 3.05) is 19.6 Å². The number of likely N-dealkylation sites (tertiary alicyclic amines) is 1. The summed E-state index contributed by atoms with van der Waals surface area (Å²) in [6.45, 7) is 6.03. The molecule has 0 spiro atoms. The molecule has 4 nitrogen and oxygen atoms in total. The number of carbonyl (C=O) groups is 2. The van der Waals surface area contributed by atoms with E-state index in [2.05, 4.69) is 41.4 Å². The topological polar surface area (TPSA) is 49.4 Å². The summed E-state index contributed by atoms with van der Waals surface area (Å²) in [5, 5.41) is 2.91. The molecule has 1 aromatic rings. The SMILES string of the molecule is CC(=O)NCC1CCN(C(=O)C2(c3cccc(C)c3)CCCC2)CC1. The minimum Gasteiger partial charge on any atom is -0.356 e. The normalized spacial score (nSPS) is 20.5. The quantitative estimate of drug-likeness (QED) is 0.913. The van der Waals surface area contributed by atoms with Crippen LogP contribution in [0, 0.1) is 12.8 Å². The van der Waals surface area contributed by atoms with Gasteiger partial charge in [-0.3, -0.25) is 9.59 Å². The van der Waals surface area contributed by atoms with Crippen molar-refractivity contribution in [3.05, 3.63) is 35.4 Å². The molecule has 1 aliphatic carbocycles. The van der Waals surface area contributed by atoms with E-state index in [1.807, 2.05) is 0 Å². The van der Waals surface area contributed by atoms with E-state index in [1.165, 1.54) is 11.1 Å². The minimum absolute atomic E-state index is 0.0304. The molecule has 0 atom stereocenters. The lowest BCUT2D eigenvalue weighted by Gasteiger charge is -2.39. The van der Waals surface area contributed by atoms with Crippen LogP contribution < -0.4 is 5.32 Å². The molecular formula is C21H30N2O2. The number of nitrogens with zero attached hydrogens (tertiary/aromatic N) is 1. The highest BCUT2D eigenvalue weighted by Gasteiger charge is 2.45. The highest BCUT2D eigenvalue weighted by atomic mass is 16.2. The van der Waals surface area contributed by atoms with E-state index in [-0.39, 0.29) is 11.3 Å². The van der Waals surface area contributed by atoms with E-state index >= 15 is 0 Å². The van der Waals surface area contributed by atoms with E-state index in [9.17, 15) is 9.59 Å². The Morgan fingerprint density at radius 3 is 2.48 bits per heavy atom. The molecule has 136 valence electrons. The van der Waals surface area contributed by atoms with Gasteiger partial charge in [0.25, 0.3) is 0 Å². The van der Waals surface area contributed by atoms with Crippen LogP contribution in [0.1, 0.15) is 56.6 Å². The average molecular weight is 342 g/mol.